The number of carbonyl (C=O) groups is 1. The average Bonchev–Trinajstić information content (AvgIpc) is 3.61. The van der Waals surface area contributed by atoms with E-state index in [-0.39, 0.29) is 17.0 Å². The third-order valence-corrected chi connectivity index (χ3v) is 8.69. The summed E-state index contributed by atoms with van der Waals surface area (Å²) >= 11 is 6.32. The fourth-order valence-electron chi connectivity index (χ4n) is 4.88. The van der Waals surface area contributed by atoms with E-state index in [1.807, 2.05) is 50.4 Å². The van der Waals surface area contributed by atoms with Gasteiger partial charge in [-0.15, -0.1) is 0 Å². The highest BCUT2D eigenvalue weighted by atomic mass is 35.5. The number of benzene rings is 3. The number of likely N-dealkylation sites (tertiary alicyclic amines) is 1. The third kappa shape index (κ3) is 6.59. The quantitative estimate of drug-likeness (QED) is 0.234. The number of likely N-dealkylation sites (N-methyl/N-ethyl adjacent to an activating group) is 1. The van der Waals surface area contributed by atoms with Gasteiger partial charge in [0.05, 0.1) is 22.9 Å². The van der Waals surface area contributed by atoms with Crippen molar-refractivity contribution in [2.45, 2.75) is 31.3 Å². The Labute approximate surface area is 245 Å². The summed E-state index contributed by atoms with van der Waals surface area (Å²) in [5, 5.41) is 0.433. The number of ether oxygens (including phenoxy) is 2. The van der Waals surface area contributed by atoms with Gasteiger partial charge in [-0.3, -0.25) is 4.72 Å². The van der Waals surface area contributed by atoms with E-state index in [0.29, 0.717) is 28.6 Å². The molecule has 1 aliphatic rings. The molecule has 1 saturated heterocycles. The van der Waals surface area contributed by atoms with E-state index in [9.17, 15) is 13.2 Å². The van der Waals surface area contributed by atoms with Crippen LogP contribution in [-0.4, -0.2) is 56.7 Å². The molecule has 0 amide bonds. The standard InChI is InChI=1S/C31H32ClN3O5S/c1-4-39-31(36)23-7-11-28(21(2)17-23)22-5-9-25(10-6-22)35-16-14-27(20-35)41(37,38)33-24-8-12-29(32)30(18-24)40-26-13-15-34(3)19-26/h5-12,14,16-18,20,26,33H,4,13,15,19H2,1-3H3/t26-/m1/s1. The highest BCUT2D eigenvalue weighted by Crippen LogP contribution is 2.31. The Hall–Kier alpha value is -3.79. The molecule has 0 aliphatic carbocycles. The van der Waals surface area contributed by atoms with Gasteiger partial charge in [-0.05, 0) is 86.5 Å². The molecular weight excluding hydrogens is 562 g/mol. The van der Waals surface area contributed by atoms with Crippen molar-refractivity contribution in [1.29, 1.82) is 0 Å². The van der Waals surface area contributed by atoms with Gasteiger partial charge in [0.2, 0.25) is 0 Å². The van der Waals surface area contributed by atoms with Crippen molar-refractivity contribution in [3.8, 4) is 22.6 Å². The second-order valence-corrected chi connectivity index (χ2v) is 12.2. The molecule has 1 fully saturated rings. The van der Waals surface area contributed by atoms with Crippen LogP contribution in [0.2, 0.25) is 5.02 Å². The van der Waals surface area contributed by atoms with Crippen LogP contribution >= 0.6 is 11.6 Å². The fraction of sp³-hybridized carbons (Fsp3) is 0.258. The van der Waals surface area contributed by atoms with Gasteiger partial charge in [0.1, 0.15) is 16.7 Å². The first kappa shape index (κ1) is 28.7. The highest BCUT2D eigenvalue weighted by molar-refractivity contribution is 7.92. The number of carbonyl (C=O) groups excluding carboxylic acids is 1. The van der Waals surface area contributed by atoms with Crippen LogP contribution in [-0.2, 0) is 14.8 Å². The summed E-state index contributed by atoms with van der Waals surface area (Å²) < 4.78 is 41.9. The van der Waals surface area contributed by atoms with Crippen LogP contribution in [0, 0.1) is 6.92 Å². The molecule has 214 valence electrons. The summed E-state index contributed by atoms with van der Waals surface area (Å²) in [6, 6.07) is 19.7. The van der Waals surface area contributed by atoms with Gasteiger partial charge in [0.15, 0.2) is 0 Å². The SMILES string of the molecule is CCOC(=O)c1ccc(-c2ccc(-n3ccc(S(=O)(=O)Nc4ccc(Cl)c(O[C@@H]5CCN(C)C5)c4)c3)cc2)c(C)c1. The number of hydrogen-bond acceptors (Lipinski definition) is 6. The first-order chi connectivity index (χ1) is 19.6. The van der Waals surface area contributed by atoms with Gasteiger partial charge in [-0.1, -0.05) is 29.8 Å². The van der Waals surface area contributed by atoms with Crippen LogP contribution < -0.4 is 9.46 Å². The molecule has 41 heavy (non-hydrogen) atoms. The molecule has 0 radical (unpaired) electrons. The summed E-state index contributed by atoms with van der Waals surface area (Å²) in [5.74, 6) is 0.114. The molecule has 2 heterocycles. The van der Waals surface area contributed by atoms with Crippen LogP contribution in [0.15, 0.2) is 84.0 Å². The monoisotopic (exact) mass is 593 g/mol. The number of nitrogens with one attached hydrogen (secondary N) is 1. The molecule has 10 heteroatoms. The number of rotatable bonds is 9. The normalized spacial score (nSPS) is 15.6. The lowest BCUT2D eigenvalue weighted by molar-refractivity contribution is 0.0526. The number of esters is 1. The van der Waals surface area contributed by atoms with E-state index in [4.69, 9.17) is 21.1 Å². The van der Waals surface area contributed by atoms with Crippen molar-refractivity contribution >= 4 is 33.3 Å². The maximum absolute atomic E-state index is 13.2. The molecule has 1 N–H and O–H groups in total. The lowest BCUT2D eigenvalue weighted by Crippen LogP contribution is -2.21. The van der Waals surface area contributed by atoms with E-state index < -0.39 is 10.0 Å². The zero-order valence-electron chi connectivity index (χ0n) is 23.1. The Kier molecular flexibility index (Phi) is 8.40. The van der Waals surface area contributed by atoms with Gasteiger partial charge in [-0.2, -0.15) is 0 Å². The van der Waals surface area contributed by atoms with Crippen molar-refractivity contribution in [2.75, 3.05) is 31.5 Å². The van der Waals surface area contributed by atoms with Gasteiger partial charge in [0, 0.05) is 37.2 Å². The number of anilines is 1. The van der Waals surface area contributed by atoms with E-state index in [1.54, 1.807) is 54.2 Å². The largest absolute Gasteiger partial charge is 0.487 e. The molecule has 0 saturated carbocycles. The Bertz CT molecular complexity index is 1670. The van der Waals surface area contributed by atoms with Gasteiger partial charge in [0.25, 0.3) is 10.0 Å². The fourth-order valence-corrected chi connectivity index (χ4v) is 6.09. The van der Waals surface area contributed by atoms with E-state index in [1.165, 1.54) is 0 Å². The average molecular weight is 594 g/mol. The van der Waals surface area contributed by atoms with Crippen molar-refractivity contribution in [1.82, 2.24) is 9.47 Å². The number of hydrogen-bond donors (Lipinski definition) is 1. The number of aromatic nitrogens is 1. The van der Waals surface area contributed by atoms with E-state index in [0.717, 1.165) is 41.9 Å². The van der Waals surface area contributed by atoms with Crippen LogP contribution in [0.4, 0.5) is 5.69 Å². The molecule has 1 aromatic heterocycles. The molecule has 1 atom stereocenters. The summed E-state index contributed by atoms with van der Waals surface area (Å²) in [5.41, 5.74) is 4.62. The predicted molar refractivity (Wildman–Crippen MR) is 161 cm³/mol. The summed E-state index contributed by atoms with van der Waals surface area (Å²) in [6.45, 7) is 5.79. The summed E-state index contributed by atoms with van der Waals surface area (Å²) in [4.78, 5) is 14.3. The number of nitrogens with zero attached hydrogens (tertiary/aromatic N) is 2. The number of aryl methyl sites for hydroxylation is 1. The van der Waals surface area contributed by atoms with Crippen molar-refractivity contribution in [3.05, 3.63) is 95.3 Å². The van der Waals surface area contributed by atoms with Crippen LogP contribution in [0.25, 0.3) is 16.8 Å². The van der Waals surface area contributed by atoms with Crippen LogP contribution in [0.1, 0.15) is 29.3 Å². The zero-order chi connectivity index (χ0) is 29.1. The topological polar surface area (TPSA) is 89.9 Å². The second-order valence-electron chi connectivity index (χ2n) is 10.1. The molecular formula is C31H32ClN3O5S. The Morgan fingerprint density at radius 2 is 1.85 bits per heavy atom. The summed E-state index contributed by atoms with van der Waals surface area (Å²) in [7, 11) is -1.82. The zero-order valence-corrected chi connectivity index (χ0v) is 24.7. The maximum atomic E-state index is 13.2. The molecule has 8 nitrogen and oxygen atoms in total. The molecule has 3 aromatic carbocycles. The molecule has 4 aromatic rings. The Morgan fingerprint density at radius 3 is 2.54 bits per heavy atom. The Balaban J connectivity index is 1.29. The minimum atomic E-state index is -3.85. The minimum Gasteiger partial charge on any atom is -0.487 e. The first-order valence-electron chi connectivity index (χ1n) is 13.4. The molecule has 0 spiro atoms. The van der Waals surface area contributed by atoms with E-state index in [2.05, 4.69) is 9.62 Å². The van der Waals surface area contributed by atoms with Crippen LogP contribution in [0.3, 0.4) is 0 Å². The first-order valence-corrected chi connectivity index (χ1v) is 15.2. The smallest absolute Gasteiger partial charge is 0.338 e. The van der Waals surface area contributed by atoms with Crippen LogP contribution in [0.5, 0.6) is 5.75 Å². The van der Waals surface area contributed by atoms with Crippen molar-refractivity contribution in [2.24, 2.45) is 0 Å². The van der Waals surface area contributed by atoms with Gasteiger partial charge >= 0.3 is 5.97 Å². The Morgan fingerprint density at radius 1 is 1.07 bits per heavy atom. The van der Waals surface area contributed by atoms with Crippen molar-refractivity contribution < 1.29 is 22.7 Å². The molecule has 0 unspecified atom stereocenters. The number of sulfonamides is 1. The number of halogens is 1. The lowest BCUT2D eigenvalue weighted by Gasteiger charge is -2.16. The minimum absolute atomic E-state index is 0.0117. The van der Waals surface area contributed by atoms with Crippen molar-refractivity contribution in [3.63, 3.8) is 0 Å². The molecule has 1 aliphatic heterocycles. The predicted octanol–water partition coefficient (Wildman–Crippen LogP) is 6.17. The second kappa shape index (κ2) is 12.0. The maximum Gasteiger partial charge on any atom is 0.338 e. The molecule has 0 bridgehead atoms. The highest BCUT2D eigenvalue weighted by Gasteiger charge is 2.23. The van der Waals surface area contributed by atoms with Gasteiger partial charge < -0.3 is 18.9 Å². The third-order valence-electron chi connectivity index (χ3n) is 7.02. The van der Waals surface area contributed by atoms with E-state index >= 15 is 0 Å². The lowest BCUT2D eigenvalue weighted by atomic mass is 9.98. The molecule has 5 rings (SSSR count). The van der Waals surface area contributed by atoms with Gasteiger partial charge in [-0.25, -0.2) is 13.2 Å². The summed E-state index contributed by atoms with van der Waals surface area (Å²) in [6.07, 6.45) is 4.17.